The van der Waals surface area contributed by atoms with E-state index in [0.29, 0.717) is 31.0 Å². The first kappa shape index (κ1) is 14.2. The first-order valence-corrected chi connectivity index (χ1v) is 6.36. The van der Waals surface area contributed by atoms with Gasteiger partial charge in [0.1, 0.15) is 5.69 Å². The molecule has 0 aliphatic carbocycles. The molecule has 0 amide bonds. The predicted octanol–water partition coefficient (Wildman–Crippen LogP) is 0.896. The minimum Gasteiger partial charge on any atom is -0.476 e. The zero-order chi connectivity index (χ0) is 14.5. The molecule has 0 bridgehead atoms. The van der Waals surface area contributed by atoms with Crippen LogP contribution in [0.25, 0.3) is 11.3 Å². The van der Waals surface area contributed by atoms with Gasteiger partial charge in [0.2, 0.25) is 0 Å². The van der Waals surface area contributed by atoms with E-state index in [1.165, 1.54) is 0 Å². The highest BCUT2D eigenvalue weighted by Gasteiger charge is 2.21. The molecule has 0 spiro atoms. The molecule has 0 unspecified atom stereocenters. The van der Waals surface area contributed by atoms with E-state index in [4.69, 9.17) is 4.74 Å². The molecule has 0 radical (unpaired) electrons. The van der Waals surface area contributed by atoms with E-state index in [2.05, 4.69) is 15.4 Å². The SMILES string of the molecule is CCn1cc(-c2c(C(=O)O)nnn2CCCOC)cn1. The molecule has 2 rings (SSSR count). The lowest BCUT2D eigenvalue weighted by Gasteiger charge is -2.04. The van der Waals surface area contributed by atoms with Crippen molar-refractivity contribution in [1.29, 1.82) is 0 Å². The Labute approximate surface area is 116 Å². The van der Waals surface area contributed by atoms with E-state index in [1.807, 2.05) is 6.92 Å². The number of carboxylic acids is 1. The van der Waals surface area contributed by atoms with Crippen LogP contribution in [0.2, 0.25) is 0 Å². The summed E-state index contributed by atoms with van der Waals surface area (Å²) < 4.78 is 8.30. The van der Waals surface area contributed by atoms with E-state index in [-0.39, 0.29) is 5.69 Å². The fourth-order valence-electron chi connectivity index (χ4n) is 1.92. The number of rotatable bonds is 7. The standard InChI is InChI=1S/C12H17N5O3/c1-3-16-8-9(7-13-16)11-10(12(18)19)14-15-17(11)5-4-6-20-2/h7-8H,3-6H2,1-2H3,(H,18,19). The van der Waals surface area contributed by atoms with Crippen molar-refractivity contribution >= 4 is 5.97 Å². The summed E-state index contributed by atoms with van der Waals surface area (Å²) >= 11 is 0. The van der Waals surface area contributed by atoms with E-state index < -0.39 is 5.97 Å². The summed E-state index contributed by atoms with van der Waals surface area (Å²) in [5, 5.41) is 21.0. The molecule has 2 aromatic rings. The minimum absolute atomic E-state index is 0.0573. The van der Waals surface area contributed by atoms with Gasteiger partial charge in [0.15, 0.2) is 5.69 Å². The Balaban J connectivity index is 2.36. The highest BCUT2D eigenvalue weighted by atomic mass is 16.5. The van der Waals surface area contributed by atoms with Gasteiger partial charge in [-0.05, 0) is 13.3 Å². The molecular weight excluding hydrogens is 262 g/mol. The maximum atomic E-state index is 11.2. The number of aromatic nitrogens is 5. The molecule has 20 heavy (non-hydrogen) atoms. The molecule has 0 atom stereocenters. The molecule has 0 aromatic carbocycles. The van der Waals surface area contributed by atoms with Crippen molar-refractivity contribution in [3.8, 4) is 11.3 Å². The second kappa shape index (κ2) is 6.29. The highest BCUT2D eigenvalue weighted by molar-refractivity contribution is 5.92. The van der Waals surface area contributed by atoms with E-state index >= 15 is 0 Å². The lowest BCUT2D eigenvalue weighted by molar-refractivity contribution is 0.0691. The number of methoxy groups -OCH3 is 1. The quantitative estimate of drug-likeness (QED) is 0.756. The molecule has 0 aliphatic heterocycles. The fraction of sp³-hybridized carbons (Fsp3) is 0.500. The first-order chi connectivity index (χ1) is 9.67. The second-order valence-electron chi connectivity index (χ2n) is 4.25. The minimum atomic E-state index is -1.10. The van der Waals surface area contributed by atoms with Crippen molar-refractivity contribution in [2.24, 2.45) is 0 Å². The molecule has 0 saturated heterocycles. The number of ether oxygens (including phenoxy) is 1. The molecule has 8 nitrogen and oxygen atoms in total. The lowest BCUT2D eigenvalue weighted by Crippen LogP contribution is -2.06. The van der Waals surface area contributed by atoms with E-state index in [1.54, 1.807) is 28.9 Å². The average Bonchev–Trinajstić information content (AvgIpc) is 3.04. The van der Waals surface area contributed by atoms with Gasteiger partial charge in [0.05, 0.1) is 6.20 Å². The molecule has 8 heteroatoms. The summed E-state index contributed by atoms with van der Waals surface area (Å²) in [6.45, 7) is 3.80. The van der Waals surface area contributed by atoms with Gasteiger partial charge in [-0.1, -0.05) is 5.21 Å². The third-order valence-corrected chi connectivity index (χ3v) is 2.89. The van der Waals surface area contributed by atoms with Crippen LogP contribution in [0.5, 0.6) is 0 Å². The van der Waals surface area contributed by atoms with Crippen LogP contribution in [-0.2, 0) is 17.8 Å². The van der Waals surface area contributed by atoms with Crippen LogP contribution in [-0.4, -0.2) is 49.6 Å². The number of nitrogens with zero attached hydrogens (tertiary/aromatic N) is 5. The Morgan fingerprint density at radius 1 is 1.50 bits per heavy atom. The van der Waals surface area contributed by atoms with Crippen LogP contribution in [0.4, 0.5) is 0 Å². The van der Waals surface area contributed by atoms with Crippen LogP contribution in [0.1, 0.15) is 23.8 Å². The monoisotopic (exact) mass is 279 g/mol. The Hall–Kier alpha value is -2.22. The molecule has 0 saturated carbocycles. The topological polar surface area (TPSA) is 95.1 Å². The van der Waals surface area contributed by atoms with Crippen LogP contribution in [0, 0.1) is 0 Å². The molecule has 0 fully saturated rings. The fourth-order valence-corrected chi connectivity index (χ4v) is 1.92. The maximum absolute atomic E-state index is 11.2. The molecule has 0 aliphatic rings. The summed E-state index contributed by atoms with van der Waals surface area (Å²) in [6, 6.07) is 0. The predicted molar refractivity (Wildman–Crippen MR) is 70.4 cm³/mol. The third-order valence-electron chi connectivity index (χ3n) is 2.89. The summed E-state index contributed by atoms with van der Waals surface area (Å²) in [7, 11) is 1.62. The summed E-state index contributed by atoms with van der Waals surface area (Å²) in [5.74, 6) is -1.10. The molecular formula is C12H17N5O3. The van der Waals surface area contributed by atoms with Gasteiger partial charge in [-0.3, -0.25) is 4.68 Å². The Bertz CT molecular complexity index is 590. The zero-order valence-electron chi connectivity index (χ0n) is 11.5. The number of aromatic carboxylic acids is 1. The van der Waals surface area contributed by atoms with Gasteiger partial charge in [-0.2, -0.15) is 5.10 Å². The number of hydrogen-bond acceptors (Lipinski definition) is 5. The van der Waals surface area contributed by atoms with Crippen molar-refractivity contribution in [3.05, 3.63) is 18.1 Å². The highest BCUT2D eigenvalue weighted by Crippen LogP contribution is 2.22. The molecule has 1 N–H and O–H groups in total. The summed E-state index contributed by atoms with van der Waals surface area (Å²) in [6.07, 6.45) is 4.15. The third kappa shape index (κ3) is 2.85. The van der Waals surface area contributed by atoms with Crippen molar-refractivity contribution < 1.29 is 14.6 Å². The Kier molecular flexibility index (Phi) is 4.46. The normalized spacial score (nSPS) is 10.9. The van der Waals surface area contributed by atoms with E-state index in [0.717, 1.165) is 6.42 Å². The Morgan fingerprint density at radius 2 is 2.30 bits per heavy atom. The van der Waals surface area contributed by atoms with Gasteiger partial charge < -0.3 is 9.84 Å². The average molecular weight is 279 g/mol. The first-order valence-electron chi connectivity index (χ1n) is 6.36. The van der Waals surface area contributed by atoms with Crippen LogP contribution < -0.4 is 0 Å². The molecule has 2 heterocycles. The van der Waals surface area contributed by atoms with Gasteiger partial charge in [-0.15, -0.1) is 5.10 Å². The molecule has 108 valence electrons. The number of carbonyl (C=O) groups is 1. The summed E-state index contributed by atoms with van der Waals surface area (Å²) in [4.78, 5) is 11.2. The van der Waals surface area contributed by atoms with Crippen LogP contribution >= 0.6 is 0 Å². The molecule has 2 aromatic heterocycles. The van der Waals surface area contributed by atoms with E-state index in [9.17, 15) is 9.90 Å². The smallest absolute Gasteiger partial charge is 0.358 e. The van der Waals surface area contributed by atoms with Gasteiger partial charge >= 0.3 is 5.97 Å². The van der Waals surface area contributed by atoms with Crippen molar-refractivity contribution in [3.63, 3.8) is 0 Å². The lowest BCUT2D eigenvalue weighted by atomic mass is 10.2. The van der Waals surface area contributed by atoms with Crippen LogP contribution in [0.3, 0.4) is 0 Å². The van der Waals surface area contributed by atoms with Crippen LogP contribution in [0.15, 0.2) is 12.4 Å². The van der Waals surface area contributed by atoms with Gasteiger partial charge in [-0.25, -0.2) is 9.48 Å². The number of hydrogen-bond donors (Lipinski definition) is 1. The number of aryl methyl sites for hydroxylation is 2. The zero-order valence-corrected chi connectivity index (χ0v) is 11.5. The Morgan fingerprint density at radius 3 is 2.90 bits per heavy atom. The van der Waals surface area contributed by atoms with Crippen molar-refractivity contribution in [1.82, 2.24) is 24.8 Å². The number of carboxylic acid groups (broad SMARTS) is 1. The van der Waals surface area contributed by atoms with Gasteiger partial charge in [0, 0.05) is 38.6 Å². The summed E-state index contributed by atoms with van der Waals surface area (Å²) in [5.41, 5.74) is 1.12. The van der Waals surface area contributed by atoms with Gasteiger partial charge in [0.25, 0.3) is 0 Å². The maximum Gasteiger partial charge on any atom is 0.358 e. The van der Waals surface area contributed by atoms with Crippen molar-refractivity contribution in [2.45, 2.75) is 26.4 Å². The van der Waals surface area contributed by atoms with Crippen molar-refractivity contribution in [2.75, 3.05) is 13.7 Å². The second-order valence-corrected chi connectivity index (χ2v) is 4.25. The largest absolute Gasteiger partial charge is 0.476 e.